The standard InChI is InChI=1S/C13H17ClO3/c1-10(15)2-3-11-4-6-13(7-5-11)17-9-12(16)8-14/h4-7,12,16H,2-3,8-9H2,1H3. The summed E-state index contributed by atoms with van der Waals surface area (Å²) in [5.41, 5.74) is 1.10. The fourth-order valence-electron chi connectivity index (χ4n) is 1.31. The van der Waals surface area contributed by atoms with Gasteiger partial charge in [-0.2, -0.15) is 0 Å². The average molecular weight is 257 g/mol. The molecule has 17 heavy (non-hydrogen) atoms. The van der Waals surface area contributed by atoms with Crippen LogP contribution in [0.4, 0.5) is 0 Å². The van der Waals surface area contributed by atoms with Gasteiger partial charge in [-0.15, -0.1) is 11.6 Å². The minimum absolute atomic E-state index is 0.163. The van der Waals surface area contributed by atoms with Crippen LogP contribution in [-0.4, -0.2) is 29.5 Å². The van der Waals surface area contributed by atoms with E-state index in [1.807, 2.05) is 24.3 Å². The molecule has 0 spiro atoms. The Bertz CT molecular complexity index is 348. The Labute approximate surface area is 106 Å². The van der Waals surface area contributed by atoms with E-state index in [1.54, 1.807) is 6.92 Å². The maximum Gasteiger partial charge on any atom is 0.130 e. The average Bonchev–Trinajstić information content (AvgIpc) is 2.34. The van der Waals surface area contributed by atoms with Crippen molar-refractivity contribution >= 4 is 17.4 Å². The number of aliphatic hydroxyl groups excluding tert-OH is 1. The number of hydrogen-bond donors (Lipinski definition) is 1. The molecule has 0 aliphatic carbocycles. The van der Waals surface area contributed by atoms with Crippen LogP contribution in [0.25, 0.3) is 0 Å². The highest BCUT2D eigenvalue weighted by Gasteiger charge is 2.03. The second-order valence-corrected chi connectivity index (χ2v) is 4.27. The van der Waals surface area contributed by atoms with E-state index in [4.69, 9.17) is 16.3 Å². The van der Waals surface area contributed by atoms with Gasteiger partial charge in [0.15, 0.2) is 0 Å². The quantitative estimate of drug-likeness (QED) is 0.761. The molecule has 1 aromatic carbocycles. The van der Waals surface area contributed by atoms with Gasteiger partial charge in [-0.25, -0.2) is 0 Å². The van der Waals surface area contributed by atoms with Gasteiger partial charge in [0.2, 0.25) is 0 Å². The monoisotopic (exact) mass is 256 g/mol. The number of carbonyl (C=O) groups excluding carboxylic acids is 1. The molecule has 94 valence electrons. The fourth-order valence-corrected chi connectivity index (χ4v) is 1.40. The summed E-state index contributed by atoms with van der Waals surface area (Å²) in [5.74, 6) is 1.05. The smallest absolute Gasteiger partial charge is 0.130 e. The summed E-state index contributed by atoms with van der Waals surface area (Å²) in [7, 11) is 0. The largest absolute Gasteiger partial charge is 0.491 e. The lowest BCUT2D eigenvalue weighted by Crippen LogP contribution is -2.18. The van der Waals surface area contributed by atoms with Crippen LogP contribution in [0.3, 0.4) is 0 Å². The normalized spacial score (nSPS) is 12.2. The Hall–Kier alpha value is -1.06. The van der Waals surface area contributed by atoms with Crippen molar-refractivity contribution in [3.05, 3.63) is 29.8 Å². The zero-order valence-electron chi connectivity index (χ0n) is 9.86. The van der Waals surface area contributed by atoms with Crippen LogP contribution in [0.1, 0.15) is 18.9 Å². The molecular formula is C13H17ClO3. The molecule has 1 aromatic rings. The summed E-state index contributed by atoms with van der Waals surface area (Å²) >= 11 is 5.45. The number of carbonyl (C=O) groups is 1. The van der Waals surface area contributed by atoms with Crippen LogP contribution in [0.2, 0.25) is 0 Å². The van der Waals surface area contributed by atoms with Crippen LogP contribution >= 0.6 is 11.6 Å². The van der Waals surface area contributed by atoms with Gasteiger partial charge in [0.25, 0.3) is 0 Å². The maximum absolute atomic E-state index is 10.8. The number of halogens is 1. The second-order valence-electron chi connectivity index (χ2n) is 3.97. The molecule has 1 N–H and O–H groups in total. The highest BCUT2D eigenvalue weighted by Crippen LogP contribution is 2.13. The van der Waals surface area contributed by atoms with Gasteiger partial charge in [0, 0.05) is 6.42 Å². The van der Waals surface area contributed by atoms with Crippen LogP contribution in [-0.2, 0) is 11.2 Å². The first-order valence-electron chi connectivity index (χ1n) is 5.57. The van der Waals surface area contributed by atoms with E-state index >= 15 is 0 Å². The zero-order chi connectivity index (χ0) is 12.7. The molecule has 0 aliphatic rings. The summed E-state index contributed by atoms with van der Waals surface area (Å²) in [5, 5.41) is 9.22. The number of alkyl halides is 1. The number of Topliss-reactive ketones (excluding diaryl/α,β-unsaturated/α-hetero) is 1. The summed E-state index contributed by atoms with van der Waals surface area (Å²) in [6.07, 6.45) is 0.666. The van der Waals surface area contributed by atoms with E-state index in [0.29, 0.717) is 12.2 Å². The van der Waals surface area contributed by atoms with E-state index in [-0.39, 0.29) is 18.3 Å². The number of benzene rings is 1. The topological polar surface area (TPSA) is 46.5 Å². The van der Waals surface area contributed by atoms with Gasteiger partial charge in [-0.1, -0.05) is 12.1 Å². The van der Waals surface area contributed by atoms with Gasteiger partial charge < -0.3 is 14.6 Å². The molecule has 1 unspecified atom stereocenters. The Morgan fingerprint density at radius 2 is 2.06 bits per heavy atom. The van der Waals surface area contributed by atoms with Crippen molar-refractivity contribution in [3.8, 4) is 5.75 Å². The predicted octanol–water partition coefficient (Wildman–Crippen LogP) is 2.19. The molecule has 0 saturated carbocycles. The van der Waals surface area contributed by atoms with Crippen molar-refractivity contribution in [2.75, 3.05) is 12.5 Å². The third-order valence-electron chi connectivity index (χ3n) is 2.31. The first-order chi connectivity index (χ1) is 8.11. The molecule has 0 aromatic heterocycles. The number of ketones is 1. The van der Waals surface area contributed by atoms with Gasteiger partial charge in [-0.05, 0) is 31.0 Å². The Balaban J connectivity index is 2.41. The van der Waals surface area contributed by atoms with Gasteiger partial charge in [0.05, 0.1) is 5.88 Å². The lowest BCUT2D eigenvalue weighted by Gasteiger charge is -2.09. The molecule has 4 heteroatoms. The van der Waals surface area contributed by atoms with Crippen molar-refractivity contribution in [1.82, 2.24) is 0 Å². The highest BCUT2D eigenvalue weighted by molar-refractivity contribution is 6.18. The number of aryl methyl sites for hydroxylation is 1. The third-order valence-corrected chi connectivity index (χ3v) is 2.67. The lowest BCUT2D eigenvalue weighted by atomic mass is 10.1. The molecule has 0 fully saturated rings. The number of ether oxygens (including phenoxy) is 1. The minimum Gasteiger partial charge on any atom is -0.491 e. The molecule has 3 nitrogen and oxygen atoms in total. The number of hydrogen-bond acceptors (Lipinski definition) is 3. The molecule has 0 radical (unpaired) electrons. The van der Waals surface area contributed by atoms with E-state index in [0.717, 1.165) is 12.0 Å². The zero-order valence-corrected chi connectivity index (χ0v) is 10.6. The molecule has 0 heterocycles. The van der Waals surface area contributed by atoms with Crippen LogP contribution < -0.4 is 4.74 Å². The molecule has 1 atom stereocenters. The molecule has 0 saturated heterocycles. The summed E-state index contributed by atoms with van der Waals surface area (Å²) < 4.78 is 5.34. The van der Waals surface area contributed by atoms with Crippen molar-refractivity contribution in [2.45, 2.75) is 25.9 Å². The van der Waals surface area contributed by atoms with Crippen molar-refractivity contribution in [2.24, 2.45) is 0 Å². The summed E-state index contributed by atoms with van der Waals surface area (Å²) in [6.45, 7) is 1.78. The second kappa shape index (κ2) is 7.30. The Kier molecular flexibility index (Phi) is 6.01. The number of rotatable bonds is 7. The van der Waals surface area contributed by atoms with Crippen molar-refractivity contribution in [1.29, 1.82) is 0 Å². The van der Waals surface area contributed by atoms with Crippen molar-refractivity contribution in [3.63, 3.8) is 0 Å². The molecule has 1 rings (SSSR count). The van der Waals surface area contributed by atoms with E-state index < -0.39 is 6.10 Å². The van der Waals surface area contributed by atoms with Crippen molar-refractivity contribution < 1.29 is 14.6 Å². The first kappa shape index (κ1) is 14.0. The third kappa shape index (κ3) is 5.71. The predicted molar refractivity (Wildman–Crippen MR) is 67.7 cm³/mol. The van der Waals surface area contributed by atoms with Gasteiger partial charge in [0.1, 0.15) is 24.2 Å². The SMILES string of the molecule is CC(=O)CCc1ccc(OCC(O)CCl)cc1. The molecule has 0 amide bonds. The van der Waals surface area contributed by atoms with Crippen LogP contribution in [0, 0.1) is 0 Å². The van der Waals surface area contributed by atoms with Gasteiger partial charge >= 0.3 is 0 Å². The summed E-state index contributed by atoms with van der Waals surface area (Å²) in [6, 6.07) is 7.50. The maximum atomic E-state index is 10.8. The van der Waals surface area contributed by atoms with Crippen LogP contribution in [0.15, 0.2) is 24.3 Å². The lowest BCUT2D eigenvalue weighted by molar-refractivity contribution is -0.116. The fraction of sp³-hybridized carbons (Fsp3) is 0.462. The highest BCUT2D eigenvalue weighted by atomic mass is 35.5. The van der Waals surface area contributed by atoms with Gasteiger partial charge in [-0.3, -0.25) is 0 Å². The Morgan fingerprint density at radius 1 is 1.41 bits per heavy atom. The first-order valence-corrected chi connectivity index (χ1v) is 6.10. The molecule has 0 bridgehead atoms. The van der Waals surface area contributed by atoms with E-state index in [1.165, 1.54) is 0 Å². The summed E-state index contributed by atoms with van der Waals surface area (Å²) in [4.78, 5) is 10.8. The Morgan fingerprint density at radius 3 is 2.59 bits per heavy atom. The van der Waals surface area contributed by atoms with Crippen LogP contribution in [0.5, 0.6) is 5.75 Å². The van der Waals surface area contributed by atoms with E-state index in [9.17, 15) is 9.90 Å². The number of aliphatic hydroxyl groups is 1. The molecule has 0 aliphatic heterocycles. The minimum atomic E-state index is -0.644. The molecular weight excluding hydrogens is 240 g/mol. The van der Waals surface area contributed by atoms with E-state index in [2.05, 4.69) is 0 Å².